The standard InChI is InChI=1S/C31H29F9N6O3/c1-17(27(47)48)44(2)14-18-5-8-26(49-4)25(11-18)24-7-6-21(29(32,33)34)12-20(24)16-46(28-41-43-45(3)42-28)15-19-9-22(30(35,36)37)13-23(10-19)31(38,39)40/h5-13,17H,14-16H2,1-4H3,(H,47,48). The summed E-state index contributed by atoms with van der Waals surface area (Å²) in [6.07, 6.45) is -15.1. The maximum Gasteiger partial charge on any atom is 0.416 e. The SMILES string of the molecule is COc1ccc(CN(C)C(C)C(=O)O)cc1-c1ccc(C(F)(F)F)cc1CN(Cc1cc(C(F)(F)F)cc(C(F)(F)F)c1)c1nnn(C)n1. The third-order valence-corrected chi connectivity index (χ3v) is 7.60. The molecule has 1 atom stereocenters. The molecule has 0 fully saturated rings. The number of rotatable bonds is 11. The minimum atomic E-state index is -5.14. The third kappa shape index (κ3) is 8.98. The van der Waals surface area contributed by atoms with Gasteiger partial charge in [-0.3, -0.25) is 9.69 Å². The monoisotopic (exact) mass is 704 g/mol. The zero-order chi connectivity index (χ0) is 36.5. The molecule has 18 heteroatoms. The zero-order valence-corrected chi connectivity index (χ0v) is 26.2. The molecule has 264 valence electrons. The molecular formula is C31H29F9N6O3. The van der Waals surface area contributed by atoms with Crippen molar-refractivity contribution in [2.45, 2.75) is 51.1 Å². The predicted molar refractivity (Wildman–Crippen MR) is 157 cm³/mol. The van der Waals surface area contributed by atoms with Crippen LogP contribution in [0, 0.1) is 0 Å². The molecule has 0 saturated heterocycles. The Balaban J connectivity index is 1.87. The van der Waals surface area contributed by atoms with Crippen LogP contribution in [0.25, 0.3) is 11.1 Å². The number of aromatic nitrogens is 4. The summed E-state index contributed by atoms with van der Waals surface area (Å²) in [6, 6.07) is 7.64. The Morgan fingerprint density at radius 1 is 0.816 bits per heavy atom. The number of carbonyl (C=O) groups is 1. The highest BCUT2D eigenvalue weighted by Crippen LogP contribution is 2.40. The van der Waals surface area contributed by atoms with E-state index in [1.54, 1.807) is 19.2 Å². The smallest absolute Gasteiger partial charge is 0.416 e. The maximum atomic E-state index is 14.0. The van der Waals surface area contributed by atoms with Crippen molar-refractivity contribution in [2.75, 3.05) is 19.1 Å². The summed E-state index contributed by atoms with van der Waals surface area (Å²) in [5, 5.41) is 20.9. The van der Waals surface area contributed by atoms with Gasteiger partial charge in [-0.15, -0.1) is 5.10 Å². The molecule has 0 amide bonds. The summed E-state index contributed by atoms with van der Waals surface area (Å²) in [5.41, 5.74) is -3.75. The summed E-state index contributed by atoms with van der Waals surface area (Å²) in [5.74, 6) is -1.15. The van der Waals surface area contributed by atoms with Crippen molar-refractivity contribution in [2.24, 2.45) is 7.05 Å². The Kier molecular flexibility index (Phi) is 10.5. The van der Waals surface area contributed by atoms with Gasteiger partial charge in [-0.2, -0.15) is 44.3 Å². The minimum Gasteiger partial charge on any atom is -0.496 e. The number of carboxylic acid groups (broad SMARTS) is 1. The van der Waals surface area contributed by atoms with Gasteiger partial charge in [0.25, 0.3) is 5.95 Å². The number of methoxy groups -OCH3 is 1. The number of anilines is 1. The van der Waals surface area contributed by atoms with E-state index in [0.29, 0.717) is 17.7 Å². The zero-order valence-electron chi connectivity index (χ0n) is 26.2. The number of benzene rings is 3. The Hall–Kier alpha value is -4.87. The Morgan fingerprint density at radius 3 is 1.94 bits per heavy atom. The number of aryl methyl sites for hydroxylation is 1. The van der Waals surface area contributed by atoms with Gasteiger partial charge in [0.15, 0.2) is 0 Å². The Morgan fingerprint density at radius 2 is 1.43 bits per heavy atom. The lowest BCUT2D eigenvalue weighted by atomic mass is 9.94. The molecule has 0 aliphatic heterocycles. The fourth-order valence-corrected chi connectivity index (χ4v) is 4.98. The second-order valence-electron chi connectivity index (χ2n) is 11.2. The topological polar surface area (TPSA) is 96.6 Å². The van der Waals surface area contributed by atoms with Crippen molar-refractivity contribution < 1.29 is 54.2 Å². The summed E-state index contributed by atoms with van der Waals surface area (Å²) in [6.45, 7) is 0.361. The molecule has 0 spiro atoms. The molecule has 1 N–H and O–H groups in total. The average molecular weight is 705 g/mol. The van der Waals surface area contributed by atoms with E-state index < -0.39 is 65.9 Å². The van der Waals surface area contributed by atoms with Crippen LogP contribution in [0.15, 0.2) is 54.6 Å². The Labute approximate surface area is 273 Å². The number of nitrogens with zero attached hydrogens (tertiary/aromatic N) is 6. The number of likely N-dealkylation sites (N-methyl/N-ethyl adjacent to an activating group) is 1. The lowest BCUT2D eigenvalue weighted by Gasteiger charge is -2.25. The van der Waals surface area contributed by atoms with E-state index in [-0.39, 0.29) is 41.0 Å². The van der Waals surface area contributed by atoms with Crippen LogP contribution in [0.1, 0.15) is 40.3 Å². The first-order valence-electron chi connectivity index (χ1n) is 14.2. The molecular weight excluding hydrogens is 675 g/mol. The van der Waals surface area contributed by atoms with Crippen LogP contribution < -0.4 is 9.64 Å². The summed E-state index contributed by atoms with van der Waals surface area (Å²) in [4.78, 5) is 15.1. The molecule has 49 heavy (non-hydrogen) atoms. The van der Waals surface area contributed by atoms with Gasteiger partial charge in [-0.1, -0.05) is 17.2 Å². The van der Waals surface area contributed by atoms with Crippen molar-refractivity contribution >= 4 is 11.9 Å². The highest BCUT2D eigenvalue weighted by atomic mass is 19.4. The summed E-state index contributed by atoms with van der Waals surface area (Å²) in [7, 11) is 4.23. The third-order valence-electron chi connectivity index (χ3n) is 7.60. The molecule has 9 nitrogen and oxygen atoms in total. The lowest BCUT2D eigenvalue weighted by molar-refractivity contribution is -0.144. The summed E-state index contributed by atoms with van der Waals surface area (Å²) < 4.78 is 129. The van der Waals surface area contributed by atoms with Crippen LogP contribution in [0.5, 0.6) is 5.75 Å². The number of aliphatic carboxylic acids is 1. The molecule has 1 heterocycles. The van der Waals surface area contributed by atoms with Gasteiger partial charge in [-0.25, -0.2) is 0 Å². The second kappa shape index (κ2) is 13.9. The van der Waals surface area contributed by atoms with E-state index in [1.807, 2.05) is 0 Å². The fraction of sp³-hybridized carbons (Fsp3) is 0.355. The van der Waals surface area contributed by atoms with Gasteiger partial charge >= 0.3 is 24.5 Å². The largest absolute Gasteiger partial charge is 0.496 e. The number of halogens is 9. The number of hydrogen-bond acceptors (Lipinski definition) is 7. The van der Waals surface area contributed by atoms with Crippen LogP contribution >= 0.6 is 0 Å². The van der Waals surface area contributed by atoms with Crippen molar-refractivity contribution in [1.29, 1.82) is 0 Å². The normalized spacial score (nSPS) is 13.1. The van der Waals surface area contributed by atoms with Gasteiger partial charge in [0.1, 0.15) is 11.8 Å². The molecule has 4 rings (SSSR count). The van der Waals surface area contributed by atoms with Crippen molar-refractivity contribution in [3.05, 3.63) is 88.0 Å². The molecule has 0 radical (unpaired) electrons. The van der Waals surface area contributed by atoms with E-state index in [2.05, 4.69) is 15.4 Å². The fourth-order valence-electron chi connectivity index (χ4n) is 4.98. The lowest BCUT2D eigenvalue weighted by Crippen LogP contribution is -2.35. The van der Waals surface area contributed by atoms with Crippen LogP contribution in [-0.4, -0.2) is 56.4 Å². The van der Waals surface area contributed by atoms with Crippen molar-refractivity contribution in [3.8, 4) is 16.9 Å². The van der Waals surface area contributed by atoms with Crippen molar-refractivity contribution in [3.63, 3.8) is 0 Å². The highest BCUT2D eigenvalue weighted by Gasteiger charge is 2.37. The van der Waals surface area contributed by atoms with E-state index >= 15 is 0 Å². The van der Waals surface area contributed by atoms with Gasteiger partial charge in [0.2, 0.25) is 0 Å². The van der Waals surface area contributed by atoms with Crippen LogP contribution in [0.4, 0.5) is 45.5 Å². The predicted octanol–water partition coefficient (Wildman–Crippen LogP) is 7.05. The molecule has 0 saturated carbocycles. The van der Waals surface area contributed by atoms with Crippen LogP contribution in [0.3, 0.4) is 0 Å². The molecule has 0 bridgehead atoms. The van der Waals surface area contributed by atoms with Crippen LogP contribution in [0.2, 0.25) is 0 Å². The molecule has 1 aromatic heterocycles. The molecule has 0 aliphatic rings. The number of alkyl halides is 9. The van der Waals surface area contributed by atoms with Crippen molar-refractivity contribution in [1.82, 2.24) is 25.1 Å². The minimum absolute atomic E-state index is 0.0345. The highest BCUT2D eigenvalue weighted by molar-refractivity contribution is 5.75. The first-order chi connectivity index (χ1) is 22.7. The second-order valence-corrected chi connectivity index (χ2v) is 11.2. The number of ether oxygens (including phenoxy) is 1. The number of carboxylic acids is 1. The van der Waals surface area contributed by atoms with E-state index in [0.717, 1.165) is 27.9 Å². The quantitative estimate of drug-likeness (QED) is 0.166. The van der Waals surface area contributed by atoms with E-state index in [9.17, 15) is 49.4 Å². The molecule has 4 aromatic rings. The van der Waals surface area contributed by atoms with E-state index in [4.69, 9.17) is 4.74 Å². The Bertz CT molecular complexity index is 1770. The molecule has 3 aromatic carbocycles. The van der Waals surface area contributed by atoms with Gasteiger partial charge in [0.05, 0.1) is 30.8 Å². The number of tetrazole rings is 1. The molecule has 0 aliphatic carbocycles. The molecule has 1 unspecified atom stereocenters. The van der Waals surface area contributed by atoms with Gasteiger partial charge in [-0.05, 0) is 83.9 Å². The van der Waals surface area contributed by atoms with Crippen LogP contribution in [-0.2, 0) is 50.0 Å². The summed E-state index contributed by atoms with van der Waals surface area (Å²) >= 11 is 0. The first-order valence-corrected chi connectivity index (χ1v) is 14.2. The average Bonchev–Trinajstić information content (AvgIpc) is 3.44. The van der Waals surface area contributed by atoms with E-state index in [1.165, 1.54) is 32.0 Å². The van der Waals surface area contributed by atoms with Gasteiger partial charge in [0, 0.05) is 25.2 Å². The maximum absolute atomic E-state index is 14.0. The van der Waals surface area contributed by atoms with Gasteiger partial charge < -0.3 is 14.7 Å². The number of hydrogen-bond donors (Lipinski definition) is 1. The first kappa shape index (κ1) is 37.0.